The molecule has 0 bridgehead atoms. The van der Waals surface area contributed by atoms with Gasteiger partial charge in [-0.25, -0.2) is 9.97 Å². The molecule has 0 aliphatic rings. The third kappa shape index (κ3) is 4.24. The number of rotatable bonds is 5. The van der Waals surface area contributed by atoms with Crippen molar-refractivity contribution < 1.29 is 9.21 Å². The molecule has 1 aromatic carbocycles. The zero-order valence-electron chi connectivity index (χ0n) is 12.3. The number of hydrogen-bond donors (Lipinski definition) is 2. The number of furan rings is 1. The second kappa shape index (κ2) is 7.33. The molecule has 0 radical (unpaired) electrons. The Morgan fingerprint density at radius 2 is 1.92 bits per heavy atom. The first-order valence-electron chi connectivity index (χ1n) is 6.96. The van der Waals surface area contributed by atoms with E-state index in [1.54, 1.807) is 36.6 Å². The summed E-state index contributed by atoms with van der Waals surface area (Å²) in [6.07, 6.45) is 4.38. The van der Waals surface area contributed by atoms with E-state index in [9.17, 15) is 4.79 Å². The number of nitrogens with zero attached hydrogens (tertiary/aromatic N) is 2. The summed E-state index contributed by atoms with van der Waals surface area (Å²) in [7, 11) is 0. The summed E-state index contributed by atoms with van der Waals surface area (Å²) >= 11 is 11.9. The van der Waals surface area contributed by atoms with E-state index in [-0.39, 0.29) is 18.1 Å². The number of hydrogen-bond acceptors (Lipinski definition) is 5. The van der Waals surface area contributed by atoms with Crippen molar-refractivity contribution in [3.8, 4) is 0 Å². The number of halogens is 2. The lowest BCUT2D eigenvalue weighted by molar-refractivity contribution is 0.0942. The van der Waals surface area contributed by atoms with E-state index < -0.39 is 0 Å². The summed E-state index contributed by atoms with van der Waals surface area (Å²) in [4.78, 5) is 20.2. The first-order valence-corrected chi connectivity index (χ1v) is 7.71. The van der Waals surface area contributed by atoms with Crippen LogP contribution in [0, 0.1) is 0 Å². The minimum absolute atomic E-state index is 0.205. The number of amides is 1. The normalized spacial score (nSPS) is 10.4. The molecule has 3 aromatic rings. The topological polar surface area (TPSA) is 80.0 Å². The van der Waals surface area contributed by atoms with Crippen LogP contribution in [0.25, 0.3) is 0 Å². The highest BCUT2D eigenvalue weighted by atomic mass is 35.5. The largest absolute Gasteiger partial charge is 0.467 e. The Morgan fingerprint density at radius 3 is 2.54 bits per heavy atom. The van der Waals surface area contributed by atoms with Crippen molar-refractivity contribution in [1.82, 2.24) is 15.3 Å². The van der Waals surface area contributed by atoms with E-state index in [2.05, 4.69) is 20.6 Å². The van der Waals surface area contributed by atoms with Gasteiger partial charge in [-0.2, -0.15) is 0 Å². The van der Waals surface area contributed by atoms with Crippen LogP contribution in [-0.4, -0.2) is 15.9 Å². The van der Waals surface area contributed by atoms with E-state index in [1.807, 2.05) is 0 Å². The zero-order valence-corrected chi connectivity index (χ0v) is 13.8. The molecule has 0 unspecified atom stereocenters. The van der Waals surface area contributed by atoms with Crippen molar-refractivity contribution in [2.45, 2.75) is 6.54 Å². The van der Waals surface area contributed by atoms with Gasteiger partial charge >= 0.3 is 0 Å². The Labute approximate surface area is 147 Å². The molecule has 8 heteroatoms. The molecule has 24 heavy (non-hydrogen) atoms. The van der Waals surface area contributed by atoms with Gasteiger partial charge < -0.3 is 15.1 Å². The van der Waals surface area contributed by atoms with Gasteiger partial charge in [-0.15, -0.1) is 0 Å². The highest BCUT2D eigenvalue weighted by Gasteiger charge is 2.09. The SMILES string of the molecule is O=C(NCc1ccco1)c1cnc(Nc2cc(Cl)cc(Cl)c2)cn1. The molecular formula is C16H12Cl2N4O2. The van der Waals surface area contributed by atoms with Gasteiger partial charge in [0.25, 0.3) is 5.91 Å². The lowest BCUT2D eigenvalue weighted by Gasteiger charge is -2.07. The Kier molecular flexibility index (Phi) is 4.98. The van der Waals surface area contributed by atoms with Crippen molar-refractivity contribution in [1.29, 1.82) is 0 Å². The molecule has 122 valence electrons. The Balaban J connectivity index is 1.63. The van der Waals surface area contributed by atoms with Gasteiger partial charge in [0, 0.05) is 15.7 Å². The Morgan fingerprint density at radius 1 is 1.12 bits per heavy atom. The first-order chi connectivity index (χ1) is 11.6. The fourth-order valence-corrected chi connectivity index (χ4v) is 2.48. The van der Waals surface area contributed by atoms with Crippen molar-refractivity contribution >= 4 is 40.6 Å². The van der Waals surface area contributed by atoms with Crippen molar-refractivity contribution in [2.75, 3.05) is 5.32 Å². The van der Waals surface area contributed by atoms with Crippen LogP contribution in [0.4, 0.5) is 11.5 Å². The second-order valence-electron chi connectivity index (χ2n) is 4.83. The number of carbonyl (C=O) groups is 1. The Hall–Kier alpha value is -2.57. The molecule has 0 fully saturated rings. The summed E-state index contributed by atoms with van der Waals surface area (Å²) in [6, 6.07) is 8.57. The fourth-order valence-electron chi connectivity index (χ4n) is 1.95. The van der Waals surface area contributed by atoms with Crippen LogP contribution in [0.2, 0.25) is 10.0 Å². The maximum Gasteiger partial charge on any atom is 0.271 e. The van der Waals surface area contributed by atoms with Gasteiger partial charge in [-0.1, -0.05) is 23.2 Å². The third-order valence-electron chi connectivity index (χ3n) is 3.02. The number of nitrogens with one attached hydrogen (secondary N) is 2. The fraction of sp³-hybridized carbons (Fsp3) is 0.0625. The predicted octanol–water partition coefficient (Wildman–Crippen LogP) is 4.05. The average Bonchev–Trinajstić information content (AvgIpc) is 3.06. The van der Waals surface area contributed by atoms with Gasteiger partial charge in [-0.05, 0) is 30.3 Å². The van der Waals surface area contributed by atoms with E-state index in [0.717, 1.165) is 0 Å². The van der Waals surface area contributed by atoms with E-state index >= 15 is 0 Å². The molecule has 1 amide bonds. The number of carbonyl (C=O) groups excluding carboxylic acids is 1. The van der Waals surface area contributed by atoms with E-state index in [0.29, 0.717) is 27.3 Å². The molecule has 2 heterocycles. The monoisotopic (exact) mass is 362 g/mol. The van der Waals surface area contributed by atoms with Crippen LogP contribution < -0.4 is 10.6 Å². The van der Waals surface area contributed by atoms with E-state index in [1.165, 1.54) is 12.4 Å². The summed E-state index contributed by atoms with van der Waals surface area (Å²) in [5.41, 5.74) is 0.882. The third-order valence-corrected chi connectivity index (χ3v) is 3.46. The van der Waals surface area contributed by atoms with Crippen molar-refractivity contribution in [2.24, 2.45) is 0 Å². The molecule has 2 N–H and O–H groups in total. The highest BCUT2D eigenvalue weighted by Crippen LogP contribution is 2.24. The minimum atomic E-state index is -0.337. The van der Waals surface area contributed by atoms with Gasteiger partial charge in [-0.3, -0.25) is 4.79 Å². The summed E-state index contributed by atoms with van der Waals surface area (Å²) < 4.78 is 5.14. The van der Waals surface area contributed by atoms with Crippen molar-refractivity contribution in [3.63, 3.8) is 0 Å². The number of benzene rings is 1. The highest BCUT2D eigenvalue weighted by molar-refractivity contribution is 6.35. The van der Waals surface area contributed by atoms with Gasteiger partial charge in [0.1, 0.15) is 17.3 Å². The number of anilines is 2. The summed E-state index contributed by atoms with van der Waals surface area (Å²) in [5.74, 6) is 0.791. The molecule has 2 aromatic heterocycles. The van der Waals surface area contributed by atoms with E-state index in [4.69, 9.17) is 27.6 Å². The van der Waals surface area contributed by atoms with Crippen LogP contribution in [0.5, 0.6) is 0 Å². The van der Waals surface area contributed by atoms with Crippen LogP contribution >= 0.6 is 23.2 Å². The predicted molar refractivity (Wildman–Crippen MR) is 91.7 cm³/mol. The molecule has 3 rings (SSSR count). The Bertz CT molecular complexity index is 816. The standard InChI is InChI=1S/C16H12Cl2N4O2/c17-10-4-11(18)6-12(5-10)22-15-9-19-14(8-20-15)16(23)21-7-13-2-1-3-24-13/h1-6,8-9H,7H2,(H,20,22)(H,21,23). The van der Waals surface area contributed by atoms with Crippen LogP contribution in [0.3, 0.4) is 0 Å². The van der Waals surface area contributed by atoms with Crippen LogP contribution in [-0.2, 0) is 6.54 Å². The summed E-state index contributed by atoms with van der Waals surface area (Å²) in [5, 5.41) is 6.72. The molecule has 0 saturated heterocycles. The maximum absolute atomic E-state index is 12.0. The minimum Gasteiger partial charge on any atom is -0.467 e. The quantitative estimate of drug-likeness (QED) is 0.715. The molecule has 0 aliphatic heterocycles. The maximum atomic E-state index is 12.0. The average molecular weight is 363 g/mol. The molecule has 6 nitrogen and oxygen atoms in total. The van der Waals surface area contributed by atoms with Crippen molar-refractivity contribution in [3.05, 3.63) is 70.5 Å². The molecule has 0 spiro atoms. The first kappa shape index (κ1) is 16.3. The summed E-state index contributed by atoms with van der Waals surface area (Å²) in [6.45, 7) is 0.286. The number of aromatic nitrogens is 2. The van der Waals surface area contributed by atoms with Gasteiger partial charge in [0.05, 0.1) is 25.2 Å². The molecule has 0 atom stereocenters. The van der Waals surface area contributed by atoms with Crippen LogP contribution in [0.1, 0.15) is 16.2 Å². The molecule has 0 saturated carbocycles. The smallest absolute Gasteiger partial charge is 0.271 e. The zero-order chi connectivity index (χ0) is 16.9. The molecule has 0 aliphatic carbocycles. The lowest BCUT2D eigenvalue weighted by Crippen LogP contribution is -2.23. The van der Waals surface area contributed by atoms with Gasteiger partial charge in [0.15, 0.2) is 0 Å². The van der Waals surface area contributed by atoms with Crippen LogP contribution in [0.15, 0.2) is 53.4 Å². The van der Waals surface area contributed by atoms with Gasteiger partial charge in [0.2, 0.25) is 0 Å². The second-order valence-corrected chi connectivity index (χ2v) is 5.70. The lowest BCUT2D eigenvalue weighted by atomic mass is 10.3. The molecular weight excluding hydrogens is 351 g/mol.